The number of rotatable bonds is 8. The molecule has 0 aliphatic carbocycles. The monoisotopic (exact) mass is 419 g/mol. The number of hydrogen-bond donors (Lipinski definition) is 2. The lowest BCUT2D eigenvalue weighted by molar-refractivity contribution is 0.0170. The topological polar surface area (TPSA) is 79.6 Å². The van der Waals surface area contributed by atoms with Crippen molar-refractivity contribution in [2.45, 2.75) is 25.9 Å². The van der Waals surface area contributed by atoms with E-state index in [0.29, 0.717) is 0 Å². The van der Waals surface area contributed by atoms with Gasteiger partial charge in [0.25, 0.3) is 0 Å². The summed E-state index contributed by atoms with van der Waals surface area (Å²) in [6.07, 6.45) is 2.64. The molecular formula is C20H30ClN7O. The quantitative estimate of drug-likeness (QED) is 0.501. The number of aryl methyl sites for hydroxylation is 1. The SMILES string of the molecule is CCc1nncn1CCNC(=NC)NCC(c1ccc(Cl)cc1)N1CCOCC1. The Hall–Kier alpha value is -2.16. The molecule has 29 heavy (non-hydrogen) atoms. The van der Waals surface area contributed by atoms with Crippen LogP contribution < -0.4 is 10.6 Å². The molecule has 8 nitrogen and oxygen atoms in total. The molecule has 1 unspecified atom stereocenters. The molecule has 0 spiro atoms. The van der Waals surface area contributed by atoms with Gasteiger partial charge < -0.3 is 19.9 Å². The molecule has 0 radical (unpaired) electrons. The van der Waals surface area contributed by atoms with Crippen LogP contribution in [0.4, 0.5) is 0 Å². The van der Waals surface area contributed by atoms with Gasteiger partial charge in [0, 0.05) is 51.2 Å². The largest absolute Gasteiger partial charge is 0.379 e. The molecule has 1 fully saturated rings. The standard InChI is InChI=1S/C20H30ClN7O/c1-3-19-26-25-15-28(19)9-8-23-20(22-2)24-14-18(27-10-12-29-13-11-27)16-4-6-17(21)7-5-16/h4-7,15,18H,3,8-14H2,1-2H3,(H2,22,23,24). The summed E-state index contributed by atoms with van der Waals surface area (Å²) in [4.78, 5) is 6.81. The molecule has 1 aromatic heterocycles. The minimum absolute atomic E-state index is 0.222. The lowest BCUT2D eigenvalue weighted by Gasteiger charge is -2.35. The molecular weight excluding hydrogens is 390 g/mol. The molecule has 9 heteroatoms. The van der Waals surface area contributed by atoms with Crippen LogP contribution in [0.3, 0.4) is 0 Å². The van der Waals surface area contributed by atoms with Crippen LogP contribution in [0.25, 0.3) is 0 Å². The number of aliphatic imine (C=N–C) groups is 1. The summed E-state index contributed by atoms with van der Waals surface area (Å²) in [6.45, 7) is 7.70. The van der Waals surface area contributed by atoms with Gasteiger partial charge in [0.15, 0.2) is 5.96 Å². The second-order valence-corrected chi connectivity index (χ2v) is 7.33. The Balaban J connectivity index is 1.57. The van der Waals surface area contributed by atoms with Crippen LogP contribution in [-0.2, 0) is 17.7 Å². The zero-order valence-electron chi connectivity index (χ0n) is 17.1. The van der Waals surface area contributed by atoms with E-state index in [1.165, 1.54) is 5.56 Å². The maximum absolute atomic E-state index is 6.08. The molecule has 1 aliphatic rings. The first-order chi connectivity index (χ1) is 14.2. The number of hydrogen-bond acceptors (Lipinski definition) is 5. The van der Waals surface area contributed by atoms with Crippen molar-refractivity contribution in [1.29, 1.82) is 0 Å². The molecule has 1 atom stereocenters. The van der Waals surface area contributed by atoms with Gasteiger partial charge in [-0.3, -0.25) is 9.89 Å². The molecule has 1 saturated heterocycles. The van der Waals surface area contributed by atoms with Gasteiger partial charge in [-0.25, -0.2) is 0 Å². The minimum Gasteiger partial charge on any atom is -0.379 e. The molecule has 1 aliphatic heterocycles. The summed E-state index contributed by atoms with van der Waals surface area (Å²) in [5, 5.41) is 15.7. The van der Waals surface area contributed by atoms with Gasteiger partial charge in [0.2, 0.25) is 0 Å². The van der Waals surface area contributed by atoms with Crippen LogP contribution in [0.5, 0.6) is 0 Å². The van der Waals surface area contributed by atoms with E-state index in [-0.39, 0.29) is 6.04 Å². The van der Waals surface area contributed by atoms with Crippen molar-refractivity contribution >= 4 is 17.6 Å². The average molecular weight is 420 g/mol. The van der Waals surface area contributed by atoms with Crippen LogP contribution in [0, 0.1) is 0 Å². The van der Waals surface area contributed by atoms with E-state index in [2.05, 4.69) is 54.3 Å². The van der Waals surface area contributed by atoms with Crippen molar-refractivity contribution in [3.05, 3.63) is 47.0 Å². The Morgan fingerprint density at radius 1 is 1.24 bits per heavy atom. The molecule has 1 aromatic carbocycles. The first-order valence-corrected chi connectivity index (χ1v) is 10.5. The highest BCUT2D eigenvalue weighted by Gasteiger charge is 2.23. The van der Waals surface area contributed by atoms with E-state index < -0.39 is 0 Å². The predicted molar refractivity (Wildman–Crippen MR) is 115 cm³/mol. The van der Waals surface area contributed by atoms with Crippen molar-refractivity contribution in [3.63, 3.8) is 0 Å². The summed E-state index contributed by atoms with van der Waals surface area (Å²) in [5.41, 5.74) is 1.23. The van der Waals surface area contributed by atoms with E-state index in [1.807, 2.05) is 12.1 Å². The number of ether oxygens (including phenoxy) is 1. The number of halogens is 1. The van der Waals surface area contributed by atoms with Crippen LogP contribution in [0.2, 0.25) is 5.02 Å². The zero-order chi connectivity index (χ0) is 20.5. The Kier molecular flexibility index (Phi) is 8.27. The third-order valence-corrected chi connectivity index (χ3v) is 5.34. The fourth-order valence-electron chi connectivity index (χ4n) is 3.48. The maximum atomic E-state index is 6.08. The van der Waals surface area contributed by atoms with E-state index >= 15 is 0 Å². The summed E-state index contributed by atoms with van der Waals surface area (Å²) in [7, 11) is 1.79. The van der Waals surface area contributed by atoms with Crippen molar-refractivity contribution in [1.82, 2.24) is 30.3 Å². The third kappa shape index (κ3) is 6.16. The van der Waals surface area contributed by atoms with E-state index in [1.54, 1.807) is 13.4 Å². The molecule has 0 bridgehead atoms. The second kappa shape index (κ2) is 11.1. The van der Waals surface area contributed by atoms with Crippen LogP contribution in [0.1, 0.15) is 24.4 Å². The fraction of sp³-hybridized carbons (Fsp3) is 0.550. The highest BCUT2D eigenvalue weighted by atomic mass is 35.5. The van der Waals surface area contributed by atoms with Crippen molar-refractivity contribution < 1.29 is 4.74 Å². The normalized spacial score (nSPS) is 16.6. The highest BCUT2D eigenvalue weighted by Crippen LogP contribution is 2.23. The summed E-state index contributed by atoms with van der Waals surface area (Å²) >= 11 is 6.08. The maximum Gasteiger partial charge on any atom is 0.191 e. The Morgan fingerprint density at radius 2 is 2.00 bits per heavy atom. The van der Waals surface area contributed by atoms with E-state index in [4.69, 9.17) is 16.3 Å². The molecule has 2 N–H and O–H groups in total. The van der Waals surface area contributed by atoms with Crippen molar-refractivity contribution in [2.75, 3.05) is 46.4 Å². The number of morpholine rings is 1. The summed E-state index contributed by atoms with van der Waals surface area (Å²) < 4.78 is 7.59. The fourth-order valence-corrected chi connectivity index (χ4v) is 3.61. The van der Waals surface area contributed by atoms with Crippen LogP contribution >= 0.6 is 11.6 Å². The van der Waals surface area contributed by atoms with Gasteiger partial charge >= 0.3 is 0 Å². The van der Waals surface area contributed by atoms with Gasteiger partial charge in [-0.1, -0.05) is 30.7 Å². The van der Waals surface area contributed by atoms with Gasteiger partial charge in [0.1, 0.15) is 12.2 Å². The van der Waals surface area contributed by atoms with E-state index in [9.17, 15) is 0 Å². The first kappa shape index (κ1) is 21.5. The number of nitrogens with one attached hydrogen (secondary N) is 2. The first-order valence-electron chi connectivity index (χ1n) is 10.1. The number of aromatic nitrogens is 3. The van der Waals surface area contributed by atoms with Crippen LogP contribution in [-0.4, -0.2) is 72.1 Å². The Labute approximate surface area is 177 Å². The highest BCUT2D eigenvalue weighted by molar-refractivity contribution is 6.30. The predicted octanol–water partition coefficient (Wildman–Crippen LogP) is 1.73. The number of guanidine groups is 1. The minimum atomic E-state index is 0.222. The zero-order valence-corrected chi connectivity index (χ0v) is 17.9. The lowest BCUT2D eigenvalue weighted by atomic mass is 10.0. The van der Waals surface area contributed by atoms with Gasteiger partial charge in [0.05, 0.1) is 19.3 Å². The molecule has 0 amide bonds. The van der Waals surface area contributed by atoms with Crippen molar-refractivity contribution in [3.8, 4) is 0 Å². The average Bonchev–Trinajstić information content (AvgIpc) is 3.22. The number of benzene rings is 1. The Morgan fingerprint density at radius 3 is 2.69 bits per heavy atom. The van der Waals surface area contributed by atoms with Gasteiger partial charge in [-0.2, -0.15) is 0 Å². The number of nitrogens with zero attached hydrogens (tertiary/aromatic N) is 5. The smallest absolute Gasteiger partial charge is 0.191 e. The molecule has 2 heterocycles. The lowest BCUT2D eigenvalue weighted by Crippen LogP contribution is -2.46. The molecule has 0 saturated carbocycles. The molecule has 158 valence electrons. The molecule has 3 rings (SSSR count). The van der Waals surface area contributed by atoms with Gasteiger partial charge in [-0.15, -0.1) is 10.2 Å². The summed E-state index contributed by atoms with van der Waals surface area (Å²) in [5.74, 6) is 1.77. The third-order valence-electron chi connectivity index (χ3n) is 5.08. The van der Waals surface area contributed by atoms with Gasteiger partial charge in [-0.05, 0) is 17.7 Å². The summed E-state index contributed by atoms with van der Waals surface area (Å²) in [6, 6.07) is 8.31. The van der Waals surface area contributed by atoms with Crippen LogP contribution in [0.15, 0.2) is 35.6 Å². The second-order valence-electron chi connectivity index (χ2n) is 6.89. The Bertz CT molecular complexity index is 771. The van der Waals surface area contributed by atoms with E-state index in [0.717, 1.165) is 69.2 Å². The molecule has 2 aromatic rings. The van der Waals surface area contributed by atoms with Crippen molar-refractivity contribution in [2.24, 2.45) is 4.99 Å².